The first-order valence-corrected chi connectivity index (χ1v) is 8.01. The van der Waals surface area contributed by atoms with E-state index in [0.29, 0.717) is 11.0 Å². The third-order valence-electron chi connectivity index (χ3n) is 3.94. The first-order valence-electron chi connectivity index (χ1n) is 8.01. The van der Waals surface area contributed by atoms with Crippen molar-refractivity contribution in [1.82, 2.24) is 5.32 Å². The van der Waals surface area contributed by atoms with Crippen molar-refractivity contribution < 1.29 is 9.21 Å². The first kappa shape index (κ1) is 16.0. The molecule has 0 bridgehead atoms. The molecule has 24 heavy (non-hydrogen) atoms. The fourth-order valence-corrected chi connectivity index (χ4v) is 2.61. The summed E-state index contributed by atoms with van der Waals surface area (Å²) in [5, 5.41) is 3.36. The Kier molecular flexibility index (Phi) is 4.75. The molecule has 4 heteroatoms. The maximum absolute atomic E-state index is 12.3. The minimum absolute atomic E-state index is 0.0190. The number of fused-ring (bicyclic) bond motifs is 1. The van der Waals surface area contributed by atoms with Crippen LogP contribution in [0.3, 0.4) is 0 Å². The van der Waals surface area contributed by atoms with Crippen LogP contribution in [-0.4, -0.2) is 11.9 Å². The van der Waals surface area contributed by atoms with E-state index in [-0.39, 0.29) is 23.1 Å². The van der Waals surface area contributed by atoms with Gasteiger partial charge in [-0.3, -0.25) is 9.59 Å². The van der Waals surface area contributed by atoms with Crippen LogP contribution in [0.5, 0.6) is 0 Å². The molecule has 3 rings (SSSR count). The number of amides is 1. The molecule has 1 atom stereocenters. The van der Waals surface area contributed by atoms with Crippen LogP contribution < -0.4 is 10.7 Å². The van der Waals surface area contributed by atoms with Gasteiger partial charge in [-0.2, -0.15) is 0 Å². The van der Waals surface area contributed by atoms with Gasteiger partial charge in [-0.1, -0.05) is 42.5 Å². The van der Waals surface area contributed by atoms with Crippen molar-refractivity contribution >= 4 is 16.9 Å². The predicted octanol–water partition coefficient (Wildman–Crippen LogP) is 3.54. The Bertz CT molecular complexity index is 899. The fraction of sp³-hybridized carbons (Fsp3) is 0.200. The highest BCUT2D eigenvalue weighted by atomic mass is 16.3. The Hall–Kier alpha value is -2.88. The van der Waals surface area contributed by atoms with E-state index in [1.165, 1.54) is 11.6 Å². The second-order valence-electron chi connectivity index (χ2n) is 5.87. The van der Waals surface area contributed by atoms with Gasteiger partial charge >= 0.3 is 0 Å². The zero-order chi connectivity index (χ0) is 16.9. The number of hydrogen-bond donors (Lipinski definition) is 1. The lowest BCUT2D eigenvalue weighted by Gasteiger charge is -2.13. The molecule has 1 N–H and O–H groups in total. The number of benzene rings is 2. The van der Waals surface area contributed by atoms with Gasteiger partial charge in [0, 0.05) is 12.1 Å². The van der Waals surface area contributed by atoms with Crippen LogP contribution in [0.15, 0.2) is 69.9 Å². The molecule has 1 unspecified atom stereocenters. The summed E-state index contributed by atoms with van der Waals surface area (Å²) < 4.78 is 5.56. The highest BCUT2D eigenvalue weighted by molar-refractivity contribution is 5.93. The summed E-state index contributed by atoms with van der Waals surface area (Å²) in [6.45, 7) is 1.94. The largest absolute Gasteiger partial charge is 0.451 e. The van der Waals surface area contributed by atoms with Crippen molar-refractivity contribution in [2.75, 3.05) is 0 Å². The Labute approximate surface area is 140 Å². The van der Waals surface area contributed by atoms with E-state index in [2.05, 4.69) is 17.4 Å². The Morgan fingerprint density at radius 3 is 2.58 bits per heavy atom. The predicted molar refractivity (Wildman–Crippen MR) is 94.2 cm³/mol. The van der Waals surface area contributed by atoms with Crippen LogP contribution in [-0.2, 0) is 6.42 Å². The molecule has 0 spiro atoms. The van der Waals surface area contributed by atoms with Gasteiger partial charge in [0.05, 0.1) is 5.39 Å². The second kappa shape index (κ2) is 7.13. The van der Waals surface area contributed by atoms with E-state index < -0.39 is 0 Å². The molecule has 0 radical (unpaired) electrons. The number of nitrogens with one attached hydrogen (secondary N) is 1. The normalized spacial score (nSPS) is 12.0. The summed E-state index contributed by atoms with van der Waals surface area (Å²) >= 11 is 0. The Morgan fingerprint density at radius 2 is 1.79 bits per heavy atom. The molecule has 0 aliphatic heterocycles. The molecule has 4 nitrogen and oxygen atoms in total. The SMILES string of the molecule is CC(CCc1ccccc1)NC(=O)c1cc(=O)c2ccccc2o1. The first-order chi connectivity index (χ1) is 11.6. The maximum atomic E-state index is 12.3. The van der Waals surface area contributed by atoms with E-state index in [4.69, 9.17) is 4.42 Å². The molecule has 1 amide bonds. The van der Waals surface area contributed by atoms with Gasteiger partial charge in [0.2, 0.25) is 0 Å². The summed E-state index contributed by atoms with van der Waals surface area (Å²) in [7, 11) is 0. The van der Waals surface area contributed by atoms with Gasteiger partial charge in [0.1, 0.15) is 5.58 Å². The lowest BCUT2D eigenvalue weighted by molar-refractivity contribution is 0.0911. The van der Waals surface area contributed by atoms with E-state index >= 15 is 0 Å². The van der Waals surface area contributed by atoms with Crippen LogP contribution in [0.2, 0.25) is 0 Å². The minimum atomic E-state index is -0.363. The Morgan fingerprint density at radius 1 is 1.08 bits per heavy atom. The summed E-state index contributed by atoms with van der Waals surface area (Å²) in [4.78, 5) is 24.4. The van der Waals surface area contributed by atoms with Crippen LogP contribution in [0.25, 0.3) is 11.0 Å². The zero-order valence-electron chi connectivity index (χ0n) is 13.5. The molecular formula is C20H19NO3. The molecule has 0 aliphatic carbocycles. The number of carbonyl (C=O) groups is 1. The molecule has 0 aliphatic rings. The molecule has 2 aromatic carbocycles. The highest BCUT2D eigenvalue weighted by Gasteiger charge is 2.14. The third-order valence-corrected chi connectivity index (χ3v) is 3.94. The van der Waals surface area contributed by atoms with Crippen molar-refractivity contribution in [2.24, 2.45) is 0 Å². The average Bonchev–Trinajstić information content (AvgIpc) is 2.61. The lowest BCUT2D eigenvalue weighted by Crippen LogP contribution is -2.33. The molecular weight excluding hydrogens is 302 g/mol. The number of carbonyl (C=O) groups excluding carboxylic acids is 1. The van der Waals surface area contributed by atoms with E-state index in [0.717, 1.165) is 12.8 Å². The minimum Gasteiger partial charge on any atom is -0.451 e. The van der Waals surface area contributed by atoms with Gasteiger partial charge < -0.3 is 9.73 Å². The molecule has 3 aromatic rings. The van der Waals surface area contributed by atoms with Crippen molar-refractivity contribution in [3.05, 3.63) is 82.2 Å². The maximum Gasteiger partial charge on any atom is 0.287 e. The number of aryl methyl sites for hydroxylation is 1. The standard InChI is InChI=1S/C20H19NO3/c1-14(11-12-15-7-3-2-4-8-15)21-20(23)19-13-17(22)16-9-5-6-10-18(16)24-19/h2-10,13-14H,11-12H2,1H3,(H,21,23). The molecule has 1 heterocycles. The summed E-state index contributed by atoms with van der Waals surface area (Å²) in [6.07, 6.45) is 1.69. The summed E-state index contributed by atoms with van der Waals surface area (Å²) in [5.41, 5.74) is 1.45. The monoisotopic (exact) mass is 321 g/mol. The van der Waals surface area contributed by atoms with Gasteiger partial charge in [0.15, 0.2) is 11.2 Å². The summed E-state index contributed by atoms with van der Waals surface area (Å²) in [5.74, 6) is -0.316. The third kappa shape index (κ3) is 3.71. The van der Waals surface area contributed by atoms with Crippen molar-refractivity contribution in [1.29, 1.82) is 0 Å². The van der Waals surface area contributed by atoms with Crippen LogP contribution in [0, 0.1) is 0 Å². The number of para-hydroxylation sites is 1. The zero-order valence-corrected chi connectivity index (χ0v) is 13.5. The van der Waals surface area contributed by atoms with E-state index in [9.17, 15) is 9.59 Å². The van der Waals surface area contributed by atoms with Gasteiger partial charge in [-0.25, -0.2) is 0 Å². The summed E-state index contributed by atoms with van der Waals surface area (Å²) in [6, 6.07) is 18.3. The average molecular weight is 321 g/mol. The van der Waals surface area contributed by atoms with Gasteiger partial charge in [-0.05, 0) is 37.5 Å². The van der Waals surface area contributed by atoms with Crippen LogP contribution >= 0.6 is 0 Å². The quantitative estimate of drug-likeness (QED) is 0.782. The van der Waals surface area contributed by atoms with Crippen LogP contribution in [0.4, 0.5) is 0 Å². The highest BCUT2D eigenvalue weighted by Crippen LogP contribution is 2.12. The van der Waals surface area contributed by atoms with Crippen molar-refractivity contribution in [2.45, 2.75) is 25.8 Å². The van der Waals surface area contributed by atoms with Gasteiger partial charge in [0.25, 0.3) is 5.91 Å². The number of rotatable bonds is 5. The molecule has 0 saturated heterocycles. The lowest BCUT2D eigenvalue weighted by atomic mass is 10.1. The van der Waals surface area contributed by atoms with Crippen LogP contribution in [0.1, 0.15) is 29.5 Å². The van der Waals surface area contributed by atoms with Crippen molar-refractivity contribution in [3.63, 3.8) is 0 Å². The fourth-order valence-electron chi connectivity index (χ4n) is 2.61. The van der Waals surface area contributed by atoms with Gasteiger partial charge in [-0.15, -0.1) is 0 Å². The smallest absolute Gasteiger partial charge is 0.287 e. The Balaban J connectivity index is 1.67. The van der Waals surface area contributed by atoms with E-state index in [1.54, 1.807) is 24.3 Å². The molecule has 1 aromatic heterocycles. The molecule has 0 fully saturated rings. The topological polar surface area (TPSA) is 59.3 Å². The number of hydrogen-bond acceptors (Lipinski definition) is 3. The molecule has 0 saturated carbocycles. The second-order valence-corrected chi connectivity index (χ2v) is 5.87. The molecule has 122 valence electrons. The van der Waals surface area contributed by atoms with E-state index in [1.807, 2.05) is 25.1 Å². The van der Waals surface area contributed by atoms with Crippen molar-refractivity contribution in [3.8, 4) is 0 Å².